The van der Waals surface area contributed by atoms with Crippen LogP contribution >= 0.6 is 0 Å². The summed E-state index contributed by atoms with van der Waals surface area (Å²) in [6.45, 7) is 5.14. The Morgan fingerprint density at radius 1 is 1.04 bits per heavy atom. The minimum absolute atomic E-state index is 0.0767. The number of carbonyl (C=O) groups is 3. The second-order valence-electron chi connectivity index (χ2n) is 5.02. The fraction of sp³-hybridized carbons (Fsp3) is 0.421. The van der Waals surface area contributed by atoms with E-state index in [1.165, 1.54) is 0 Å². The monoisotopic (exact) mass is 345 g/mol. The van der Waals surface area contributed by atoms with Crippen LogP contribution in [-0.4, -0.2) is 42.0 Å². The zero-order valence-electron chi connectivity index (χ0n) is 14.8. The second-order valence-corrected chi connectivity index (χ2v) is 5.02. The van der Waals surface area contributed by atoms with Crippen molar-refractivity contribution in [2.24, 2.45) is 0 Å². The van der Waals surface area contributed by atoms with E-state index in [1.807, 2.05) is 18.2 Å². The molecule has 0 saturated carbocycles. The highest BCUT2D eigenvalue weighted by atomic mass is 16.6. The van der Waals surface area contributed by atoms with Gasteiger partial charge in [-0.1, -0.05) is 36.3 Å². The molecule has 0 aliphatic heterocycles. The van der Waals surface area contributed by atoms with Crippen molar-refractivity contribution in [1.82, 2.24) is 4.90 Å². The Kier molecular flexibility index (Phi) is 8.80. The van der Waals surface area contributed by atoms with Crippen LogP contribution in [0.15, 0.2) is 30.3 Å². The van der Waals surface area contributed by atoms with E-state index in [2.05, 4.69) is 11.8 Å². The molecule has 1 aromatic carbocycles. The van der Waals surface area contributed by atoms with Gasteiger partial charge >= 0.3 is 11.9 Å². The molecule has 25 heavy (non-hydrogen) atoms. The van der Waals surface area contributed by atoms with Gasteiger partial charge in [0.15, 0.2) is 0 Å². The Morgan fingerprint density at radius 3 is 2.08 bits per heavy atom. The molecule has 0 unspecified atom stereocenters. The zero-order valence-corrected chi connectivity index (χ0v) is 14.8. The number of nitrogens with zero attached hydrogens (tertiary/aromatic N) is 1. The quantitative estimate of drug-likeness (QED) is 0.409. The van der Waals surface area contributed by atoms with Gasteiger partial charge in [-0.25, -0.2) is 9.59 Å². The molecule has 1 amide bonds. The summed E-state index contributed by atoms with van der Waals surface area (Å²) in [4.78, 5) is 38.4. The maximum Gasteiger partial charge on any atom is 0.340 e. The van der Waals surface area contributed by atoms with E-state index in [1.54, 1.807) is 32.9 Å². The van der Waals surface area contributed by atoms with Crippen LogP contribution in [0.3, 0.4) is 0 Å². The van der Waals surface area contributed by atoms with E-state index in [4.69, 9.17) is 9.47 Å². The third-order valence-electron chi connectivity index (χ3n) is 3.26. The Balaban J connectivity index is 3.20. The lowest BCUT2D eigenvalue weighted by atomic mass is 10.1. The van der Waals surface area contributed by atoms with Gasteiger partial charge in [-0.15, -0.1) is 5.92 Å². The van der Waals surface area contributed by atoms with Crippen molar-refractivity contribution in [2.75, 3.05) is 13.2 Å². The molecule has 0 N–H and O–H groups in total. The standard InChI is InChI=1S/C19H23NO5/c1-4-7-13-16(21)20(14-15-11-9-8-10-12-15)17(18(22)24-5-2)19(23)25-6-3/h8-12,17H,5-6,13-14H2,1-3H3. The number of hydrogen-bond acceptors (Lipinski definition) is 5. The van der Waals surface area contributed by atoms with E-state index >= 15 is 0 Å². The van der Waals surface area contributed by atoms with Gasteiger partial charge < -0.3 is 14.4 Å². The van der Waals surface area contributed by atoms with Crippen molar-refractivity contribution in [3.63, 3.8) is 0 Å². The van der Waals surface area contributed by atoms with E-state index < -0.39 is 23.9 Å². The average Bonchev–Trinajstić information content (AvgIpc) is 2.60. The minimum Gasteiger partial charge on any atom is -0.464 e. The molecule has 0 atom stereocenters. The molecule has 1 rings (SSSR count). The van der Waals surface area contributed by atoms with Gasteiger partial charge in [0.1, 0.15) is 0 Å². The number of benzene rings is 1. The van der Waals surface area contributed by atoms with Crippen LogP contribution in [-0.2, 0) is 30.4 Å². The topological polar surface area (TPSA) is 72.9 Å². The number of hydrogen-bond donors (Lipinski definition) is 0. The highest BCUT2D eigenvalue weighted by Crippen LogP contribution is 2.13. The molecule has 6 nitrogen and oxygen atoms in total. The van der Waals surface area contributed by atoms with E-state index in [0.29, 0.717) is 0 Å². The van der Waals surface area contributed by atoms with Gasteiger partial charge in [-0.2, -0.15) is 0 Å². The maximum absolute atomic E-state index is 12.6. The van der Waals surface area contributed by atoms with Crippen molar-refractivity contribution in [2.45, 2.75) is 39.8 Å². The first-order valence-corrected chi connectivity index (χ1v) is 8.11. The lowest BCUT2D eigenvalue weighted by molar-refractivity contribution is -0.168. The fourth-order valence-electron chi connectivity index (χ4n) is 2.16. The van der Waals surface area contributed by atoms with Crippen molar-refractivity contribution in [3.8, 4) is 11.8 Å². The third-order valence-corrected chi connectivity index (χ3v) is 3.26. The molecule has 0 fully saturated rings. The van der Waals surface area contributed by atoms with Gasteiger partial charge in [0.2, 0.25) is 11.9 Å². The molecule has 0 aliphatic carbocycles. The van der Waals surface area contributed by atoms with Crippen molar-refractivity contribution in [1.29, 1.82) is 0 Å². The number of rotatable bonds is 8. The molecular formula is C19H23NO5. The van der Waals surface area contributed by atoms with Crippen LogP contribution in [0.4, 0.5) is 0 Å². The van der Waals surface area contributed by atoms with Crippen LogP contribution in [0.25, 0.3) is 0 Å². The number of ether oxygens (including phenoxy) is 2. The van der Waals surface area contributed by atoms with Gasteiger partial charge in [0.25, 0.3) is 0 Å². The lowest BCUT2D eigenvalue weighted by Crippen LogP contribution is -2.50. The van der Waals surface area contributed by atoms with Crippen molar-refractivity contribution in [3.05, 3.63) is 35.9 Å². The SMILES string of the molecule is CC#CCC(=O)N(Cc1ccccc1)C(C(=O)OCC)C(=O)OCC. The van der Waals surface area contributed by atoms with E-state index in [0.717, 1.165) is 10.5 Å². The van der Waals surface area contributed by atoms with Gasteiger partial charge in [0.05, 0.1) is 19.6 Å². The van der Waals surface area contributed by atoms with Gasteiger partial charge in [-0.05, 0) is 26.3 Å². The average molecular weight is 345 g/mol. The predicted molar refractivity (Wildman–Crippen MR) is 92.1 cm³/mol. The molecular weight excluding hydrogens is 322 g/mol. The molecule has 6 heteroatoms. The molecule has 0 aliphatic rings. The number of esters is 2. The maximum atomic E-state index is 12.6. The molecule has 0 radical (unpaired) electrons. The number of carbonyl (C=O) groups excluding carboxylic acids is 3. The summed E-state index contributed by atoms with van der Waals surface area (Å²) >= 11 is 0. The van der Waals surface area contributed by atoms with Crippen LogP contribution in [0.2, 0.25) is 0 Å². The van der Waals surface area contributed by atoms with Crippen LogP contribution in [0.5, 0.6) is 0 Å². The summed E-state index contributed by atoms with van der Waals surface area (Å²) in [5.41, 5.74) is 0.777. The Labute approximate surface area is 148 Å². The molecule has 134 valence electrons. The fourth-order valence-corrected chi connectivity index (χ4v) is 2.16. The molecule has 1 aromatic rings. The molecule has 0 bridgehead atoms. The summed E-state index contributed by atoms with van der Waals surface area (Å²) in [6.07, 6.45) is -0.0986. The highest BCUT2D eigenvalue weighted by molar-refractivity contribution is 6.02. The molecule has 0 spiro atoms. The van der Waals surface area contributed by atoms with Crippen LogP contribution in [0, 0.1) is 11.8 Å². The Hall–Kier alpha value is -2.81. The van der Waals surface area contributed by atoms with Crippen molar-refractivity contribution >= 4 is 17.8 Å². The normalized spacial score (nSPS) is 9.76. The largest absolute Gasteiger partial charge is 0.464 e. The molecule has 0 saturated heterocycles. The smallest absolute Gasteiger partial charge is 0.340 e. The summed E-state index contributed by atoms with van der Waals surface area (Å²) in [5, 5.41) is 0. The predicted octanol–water partition coefficient (Wildman–Crippen LogP) is 1.92. The van der Waals surface area contributed by atoms with Crippen LogP contribution < -0.4 is 0 Å². The van der Waals surface area contributed by atoms with Gasteiger partial charge in [-0.3, -0.25) is 4.79 Å². The first kappa shape index (κ1) is 20.2. The van der Waals surface area contributed by atoms with Gasteiger partial charge in [0, 0.05) is 6.54 Å². The Morgan fingerprint density at radius 2 is 1.60 bits per heavy atom. The van der Waals surface area contributed by atoms with E-state index in [9.17, 15) is 14.4 Å². The third kappa shape index (κ3) is 6.30. The lowest BCUT2D eigenvalue weighted by Gasteiger charge is -2.28. The van der Waals surface area contributed by atoms with Crippen molar-refractivity contribution < 1.29 is 23.9 Å². The van der Waals surface area contributed by atoms with E-state index in [-0.39, 0.29) is 26.2 Å². The van der Waals surface area contributed by atoms with Crippen LogP contribution in [0.1, 0.15) is 32.8 Å². The summed E-state index contributed by atoms with van der Waals surface area (Å²) in [5.74, 6) is 3.24. The summed E-state index contributed by atoms with van der Waals surface area (Å²) in [6, 6.07) is 7.62. The minimum atomic E-state index is -1.45. The first-order chi connectivity index (χ1) is 12.0. The molecule has 0 heterocycles. The zero-order chi connectivity index (χ0) is 18.7. The first-order valence-electron chi connectivity index (χ1n) is 8.11. The second kappa shape index (κ2) is 10.9. The Bertz CT molecular complexity index is 627. The highest BCUT2D eigenvalue weighted by Gasteiger charge is 2.38. The number of amides is 1. The summed E-state index contributed by atoms with van der Waals surface area (Å²) in [7, 11) is 0. The summed E-state index contributed by atoms with van der Waals surface area (Å²) < 4.78 is 9.95. The molecule has 0 aromatic heterocycles.